The molecule has 0 radical (unpaired) electrons. The summed E-state index contributed by atoms with van der Waals surface area (Å²) in [6.45, 7) is 2.10. The van der Waals surface area contributed by atoms with Crippen LogP contribution in [0.2, 0.25) is 0 Å². The molecule has 1 aromatic heterocycles. The van der Waals surface area contributed by atoms with Crippen LogP contribution in [0.15, 0.2) is 6.20 Å². The minimum absolute atomic E-state index is 0.505. The van der Waals surface area contributed by atoms with E-state index in [4.69, 9.17) is 11.6 Å². The van der Waals surface area contributed by atoms with Gasteiger partial charge in [0, 0.05) is 5.88 Å². The molecule has 0 saturated carbocycles. The van der Waals surface area contributed by atoms with Gasteiger partial charge in [-0.1, -0.05) is 6.92 Å². The Bertz CT molecular complexity index is 176. The van der Waals surface area contributed by atoms with Crippen molar-refractivity contribution >= 4 is 23.3 Å². The average molecular weight is 177 g/mol. The molecule has 0 aliphatic heterocycles. The first-order valence-electron chi connectivity index (χ1n) is 3.15. The number of hydrogen-bond acceptors (Lipinski definition) is 3. The van der Waals surface area contributed by atoms with Gasteiger partial charge < -0.3 is 0 Å². The third kappa shape index (κ3) is 2.23. The van der Waals surface area contributed by atoms with Crippen molar-refractivity contribution in [3.8, 4) is 0 Å². The Hall–Kier alpha value is -0.150. The van der Waals surface area contributed by atoms with Crippen LogP contribution in [0.5, 0.6) is 0 Å². The zero-order valence-corrected chi connectivity index (χ0v) is 7.32. The second-order valence-corrected chi connectivity index (χ2v) is 3.23. The molecule has 0 saturated heterocycles. The van der Waals surface area contributed by atoms with Gasteiger partial charge in [-0.15, -0.1) is 11.6 Å². The molecule has 2 nitrogen and oxygen atoms in total. The lowest BCUT2D eigenvalue weighted by atomic mass is 10.1. The lowest BCUT2D eigenvalue weighted by Crippen LogP contribution is -2.00. The molecule has 10 heavy (non-hydrogen) atoms. The fourth-order valence-corrected chi connectivity index (χ4v) is 1.24. The third-order valence-electron chi connectivity index (χ3n) is 1.23. The van der Waals surface area contributed by atoms with E-state index in [9.17, 15) is 0 Å². The molecule has 0 aliphatic rings. The van der Waals surface area contributed by atoms with Crippen molar-refractivity contribution in [1.29, 1.82) is 0 Å². The molecule has 56 valence electrons. The molecule has 4 heteroatoms. The van der Waals surface area contributed by atoms with Crippen LogP contribution in [0.3, 0.4) is 0 Å². The Kier molecular flexibility index (Phi) is 3.09. The van der Waals surface area contributed by atoms with Crippen LogP contribution in [-0.2, 0) is 6.42 Å². The zero-order chi connectivity index (χ0) is 7.40. The Morgan fingerprint density at radius 3 is 3.10 bits per heavy atom. The molecule has 0 aliphatic carbocycles. The highest BCUT2D eigenvalue weighted by atomic mass is 35.5. The minimum Gasteiger partial charge on any atom is -0.181 e. The van der Waals surface area contributed by atoms with E-state index in [0.717, 1.165) is 12.1 Å². The zero-order valence-electron chi connectivity index (χ0n) is 5.75. The standard InChI is InChI=1S/C6H9ClN2S/c1-5(3-7)2-6-4-8-10-9-6/h4-5H,2-3H2,1H3. The molecular formula is C6H9ClN2S. The Labute approximate surface area is 69.6 Å². The molecule has 1 unspecified atom stereocenters. The predicted molar refractivity (Wildman–Crippen MR) is 43.5 cm³/mol. The summed E-state index contributed by atoms with van der Waals surface area (Å²) in [5.41, 5.74) is 1.05. The van der Waals surface area contributed by atoms with Crippen molar-refractivity contribution in [2.24, 2.45) is 5.92 Å². The summed E-state index contributed by atoms with van der Waals surface area (Å²) in [5, 5.41) is 0. The lowest BCUT2D eigenvalue weighted by molar-refractivity contribution is 0.646. The maximum atomic E-state index is 5.62. The van der Waals surface area contributed by atoms with Crippen LogP contribution in [0.25, 0.3) is 0 Å². The molecule has 1 heterocycles. The third-order valence-corrected chi connectivity index (χ3v) is 2.27. The van der Waals surface area contributed by atoms with Gasteiger partial charge in [0.05, 0.1) is 23.6 Å². The first kappa shape index (κ1) is 7.95. The topological polar surface area (TPSA) is 25.8 Å². The molecule has 0 N–H and O–H groups in total. The molecule has 0 bridgehead atoms. The van der Waals surface area contributed by atoms with Gasteiger partial charge in [0.15, 0.2) is 0 Å². The average Bonchev–Trinajstić information content (AvgIpc) is 2.40. The Balaban J connectivity index is 2.40. The molecule has 0 aromatic carbocycles. The largest absolute Gasteiger partial charge is 0.181 e. The SMILES string of the molecule is CC(CCl)Cc1cnsn1. The number of rotatable bonds is 3. The minimum atomic E-state index is 0.505. The second kappa shape index (κ2) is 3.88. The van der Waals surface area contributed by atoms with Crippen molar-refractivity contribution < 1.29 is 0 Å². The molecule has 0 spiro atoms. The van der Waals surface area contributed by atoms with Gasteiger partial charge in [-0.3, -0.25) is 0 Å². The summed E-state index contributed by atoms with van der Waals surface area (Å²) in [7, 11) is 0. The van der Waals surface area contributed by atoms with E-state index in [1.807, 2.05) is 0 Å². The maximum absolute atomic E-state index is 5.62. The van der Waals surface area contributed by atoms with E-state index in [0.29, 0.717) is 11.8 Å². The smallest absolute Gasteiger partial charge is 0.0746 e. The van der Waals surface area contributed by atoms with Crippen LogP contribution in [0.1, 0.15) is 12.6 Å². The number of hydrogen-bond donors (Lipinski definition) is 0. The van der Waals surface area contributed by atoms with Gasteiger partial charge in [-0.25, -0.2) is 0 Å². The molecule has 1 atom stereocenters. The molecule has 0 amide bonds. The quantitative estimate of drug-likeness (QED) is 0.658. The van der Waals surface area contributed by atoms with Gasteiger partial charge in [0.2, 0.25) is 0 Å². The highest BCUT2D eigenvalue weighted by Crippen LogP contribution is 2.07. The van der Waals surface area contributed by atoms with E-state index < -0.39 is 0 Å². The van der Waals surface area contributed by atoms with Gasteiger partial charge in [0.1, 0.15) is 0 Å². The van der Waals surface area contributed by atoms with E-state index >= 15 is 0 Å². The van der Waals surface area contributed by atoms with Crippen LogP contribution in [0.4, 0.5) is 0 Å². The summed E-state index contributed by atoms with van der Waals surface area (Å²) in [6, 6.07) is 0. The number of alkyl halides is 1. The van der Waals surface area contributed by atoms with Crippen LogP contribution >= 0.6 is 23.3 Å². The lowest BCUT2D eigenvalue weighted by Gasteiger charge is -2.01. The summed E-state index contributed by atoms with van der Waals surface area (Å²) in [5.74, 6) is 1.20. The van der Waals surface area contributed by atoms with E-state index in [1.165, 1.54) is 11.7 Å². The second-order valence-electron chi connectivity index (χ2n) is 2.36. The van der Waals surface area contributed by atoms with Gasteiger partial charge in [0.25, 0.3) is 0 Å². The van der Waals surface area contributed by atoms with Gasteiger partial charge in [-0.2, -0.15) is 8.75 Å². The van der Waals surface area contributed by atoms with Crippen molar-refractivity contribution in [3.63, 3.8) is 0 Å². The van der Waals surface area contributed by atoms with E-state index in [1.54, 1.807) is 6.20 Å². The Morgan fingerprint density at radius 1 is 1.80 bits per heavy atom. The molecule has 1 aromatic rings. The van der Waals surface area contributed by atoms with Crippen molar-refractivity contribution in [2.45, 2.75) is 13.3 Å². The molecule has 0 fully saturated rings. The summed E-state index contributed by atoms with van der Waals surface area (Å²) >= 11 is 6.87. The first-order chi connectivity index (χ1) is 4.83. The predicted octanol–water partition coefficient (Wildman–Crippen LogP) is 1.96. The summed E-state index contributed by atoms with van der Waals surface area (Å²) < 4.78 is 7.97. The van der Waals surface area contributed by atoms with Crippen molar-refractivity contribution in [3.05, 3.63) is 11.9 Å². The first-order valence-corrected chi connectivity index (χ1v) is 4.42. The highest BCUT2D eigenvalue weighted by molar-refractivity contribution is 6.99. The van der Waals surface area contributed by atoms with E-state index in [2.05, 4.69) is 15.7 Å². The molecule has 1 rings (SSSR count). The van der Waals surface area contributed by atoms with Crippen LogP contribution < -0.4 is 0 Å². The van der Waals surface area contributed by atoms with E-state index in [-0.39, 0.29) is 0 Å². The van der Waals surface area contributed by atoms with Gasteiger partial charge >= 0.3 is 0 Å². The molecular weight excluding hydrogens is 168 g/mol. The maximum Gasteiger partial charge on any atom is 0.0746 e. The normalized spacial score (nSPS) is 13.4. The summed E-state index contributed by atoms with van der Waals surface area (Å²) in [4.78, 5) is 0. The van der Waals surface area contributed by atoms with Crippen LogP contribution in [-0.4, -0.2) is 14.6 Å². The fraction of sp³-hybridized carbons (Fsp3) is 0.667. The monoisotopic (exact) mass is 176 g/mol. The fourth-order valence-electron chi connectivity index (χ4n) is 0.686. The summed E-state index contributed by atoms with van der Waals surface area (Å²) in [6.07, 6.45) is 2.74. The number of halogens is 1. The van der Waals surface area contributed by atoms with Gasteiger partial charge in [-0.05, 0) is 12.3 Å². The van der Waals surface area contributed by atoms with Crippen molar-refractivity contribution in [2.75, 3.05) is 5.88 Å². The number of aromatic nitrogens is 2. The Morgan fingerprint density at radius 2 is 2.60 bits per heavy atom. The highest BCUT2D eigenvalue weighted by Gasteiger charge is 2.03. The van der Waals surface area contributed by atoms with Crippen LogP contribution in [0, 0.1) is 5.92 Å². The number of nitrogens with zero attached hydrogens (tertiary/aromatic N) is 2. The van der Waals surface area contributed by atoms with Crippen molar-refractivity contribution in [1.82, 2.24) is 8.75 Å².